The highest BCUT2D eigenvalue weighted by Crippen LogP contribution is 2.37. The molecule has 0 amide bonds. The molecular formula is C42H30N4. The molecule has 0 fully saturated rings. The minimum atomic E-state index is 0.924. The normalized spacial score (nSPS) is 11.7. The van der Waals surface area contributed by atoms with Crippen molar-refractivity contribution < 1.29 is 0 Å². The van der Waals surface area contributed by atoms with Gasteiger partial charge in [0.15, 0.2) is 0 Å². The summed E-state index contributed by atoms with van der Waals surface area (Å²) in [6.45, 7) is 4.32. The number of pyridine rings is 2. The zero-order valence-corrected chi connectivity index (χ0v) is 25.6. The molecule has 4 aromatic heterocycles. The summed E-state index contributed by atoms with van der Waals surface area (Å²) >= 11 is 0. The molecule has 4 heteroatoms. The Bertz CT molecular complexity index is 2570. The lowest BCUT2D eigenvalue weighted by molar-refractivity contribution is 1.13. The number of hydrogen-bond donors (Lipinski definition) is 1. The van der Waals surface area contributed by atoms with E-state index in [1.165, 1.54) is 32.8 Å². The number of hydrogen-bond acceptors (Lipinski definition) is 2. The molecular weight excluding hydrogens is 560 g/mol. The van der Waals surface area contributed by atoms with Gasteiger partial charge in [0.05, 0.1) is 22.4 Å². The van der Waals surface area contributed by atoms with E-state index in [2.05, 4.69) is 151 Å². The Labute approximate surface area is 266 Å². The van der Waals surface area contributed by atoms with Crippen molar-refractivity contribution in [1.29, 1.82) is 0 Å². The maximum absolute atomic E-state index is 5.35. The number of aryl methyl sites for hydroxylation is 2. The summed E-state index contributed by atoms with van der Waals surface area (Å²) < 4.78 is 2.26. The minimum Gasteiger partial charge on any atom is -0.358 e. The zero-order valence-electron chi connectivity index (χ0n) is 25.6. The van der Waals surface area contributed by atoms with Crippen LogP contribution in [0.5, 0.6) is 0 Å². The first-order valence-corrected chi connectivity index (χ1v) is 15.7. The standard InChI is InChI=1S/C42H30N4/c1-26-27(2)44-41-34(26)15-8-16-37(41)39-25-32(30-20-19-28-10-3-4-11-29(28)22-30)24-38(45-39)31-12-7-13-33(23-31)46-40-18-6-5-14-35(40)36-17-9-21-43-42(36)46/h3-25,44H,1-2H3. The second-order valence-corrected chi connectivity index (χ2v) is 12.1. The molecule has 0 radical (unpaired) electrons. The summed E-state index contributed by atoms with van der Waals surface area (Å²) in [5, 5.41) is 6.02. The quantitative estimate of drug-likeness (QED) is 0.222. The van der Waals surface area contributed by atoms with Gasteiger partial charge in [-0.2, -0.15) is 0 Å². The van der Waals surface area contributed by atoms with E-state index >= 15 is 0 Å². The fourth-order valence-corrected chi connectivity index (χ4v) is 6.91. The molecule has 1 N–H and O–H groups in total. The number of aromatic nitrogens is 4. The van der Waals surface area contributed by atoms with Crippen LogP contribution < -0.4 is 0 Å². The van der Waals surface area contributed by atoms with Crippen molar-refractivity contribution in [3.63, 3.8) is 0 Å². The molecule has 0 aliphatic heterocycles. The summed E-state index contributed by atoms with van der Waals surface area (Å²) in [5.74, 6) is 0. The molecule has 9 aromatic rings. The lowest BCUT2D eigenvalue weighted by Gasteiger charge is -2.13. The smallest absolute Gasteiger partial charge is 0.145 e. The topological polar surface area (TPSA) is 46.5 Å². The average Bonchev–Trinajstić information content (AvgIpc) is 3.61. The summed E-state index contributed by atoms with van der Waals surface area (Å²) in [6, 6.07) is 47.5. The first-order valence-electron chi connectivity index (χ1n) is 15.7. The molecule has 0 unspecified atom stereocenters. The molecule has 9 rings (SSSR count). The van der Waals surface area contributed by atoms with Crippen LogP contribution in [0.2, 0.25) is 0 Å². The number of H-pyrrole nitrogens is 1. The van der Waals surface area contributed by atoms with Gasteiger partial charge in [-0.25, -0.2) is 9.97 Å². The van der Waals surface area contributed by atoms with Gasteiger partial charge in [-0.15, -0.1) is 0 Å². The van der Waals surface area contributed by atoms with Crippen molar-refractivity contribution >= 4 is 43.6 Å². The van der Waals surface area contributed by atoms with Crippen molar-refractivity contribution in [3.8, 4) is 39.3 Å². The van der Waals surface area contributed by atoms with Gasteiger partial charge in [-0.05, 0) is 89.8 Å². The molecule has 0 bridgehead atoms. The van der Waals surface area contributed by atoms with Gasteiger partial charge in [0.25, 0.3) is 0 Å². The Hall–Kier alpha value is -6.00. The minimum absolute atomic E-state index is 0.924. The van der Waals surface area contributed by atoms with E-state index in [4.69, 9.17) is 9.97 Å². The monoisotopic (exact) mass is 590 g/mol. The molecule has 4 nitrogen and oxygen atoms in total. The predicted molar refractivity (Wildman–Crippen MR) is 192 cm³/mol. The van der Waals surface area contributed by atoms with Crippen molar-refractivity contribution in [1.82, 2.24) is 19.5 Å². The predicted octanol–water partition coefficient (Wildman–Crippen LogP) is 10.8. The van der Waals surface area contributed by atoms with Crippen LogP contribution in [0.15, 0.2) is 140 Å². The second kappa shape index (κ2) is 10.3. The Morgan fingerprint density at radius 3 is 2.28 bits per heavy atom. The maximum Gasteiger partial charge on any atom is 0.145 e. The fraction of sp³-hybridized carbons (Fsp3) is 0.0476. The number of para-hydroxylation sites is 2. The molecule has 0 saturated heterocycles. The van der Waals surface area contributed by atoms with Gasteiger partial charge >= 0.3 is 0 Å². The van der Waals surface area contributed by atoms with Crippen LogP contribution in [0.4, 0.5) is 0 Å². The van der Waals surface area contributed by atoms with Gasteiger partial charge in [0.2, 0.25) is 0 Å². The maximum atomic E-state index is 5.35. The largest absolute Gasteiger partial charge is 0.358 e. The van der Waals surface area contributed by atoms with Crippen LogP contribution in [-0.4, -0.2) is 19.5 Å². The molecule has 0 saturated carbocycles. The summed E-state index contributed by atoms with van der Waals surface area (Å²) in [7, 11) is 0. The van der Waals surface area contributed by atoms with Crippen molar-refractivity contribution in [2.45, 2.75) is 13.8 Å². The summed E-state index contributed by atoms with van der Waals surface area (Å²) in [6.07, 6.45) is 1.87. The van der Waals surface area contributed by atoms with E-state index < -0.39 is 0 Å². The Morgan fingerprint density at radius 1 is 0.565 bits per heavy atom. The van der Waals surface area contributed by atoms with Crippen LogP contribution in [-0.2, 0) is 0 Å². The van der Waals surface area contributed by atoms with Gasteiger partial charge in [0, 0.05) is 44.9 Å². The number of rotatable bonds is 4. The summed E-state index contributed by atoms with van der Waals surface area (Å²) in [4.78, 5) is 13.8. The van der Waals surface area contributed by atoms with E-state index in [9.17, 15) is 0 Å². The number of nitrogens with zero attached hydrogens (tertiary/aromatic N) is 3. The van der Waals surface area contributed by atoms with Gasteiger partial charge < -0.3 is 4.98 Å². The highest BCUT2D eigenvalue weighted by molar-refractivity contribution is 6.08. The van der Waals surface area contributed by atoms with Crippen molar-refractivity contribution in [3.05, 3.63) is 151 Å². The van der Waals surface area contributed by atoms with E-state index in [1.807, 2.05) is 12.3 Å². The van der Waals surface area contributed by atoms with E-state index in [1.54, 1.807) is 0 Å². The average molecular weight is 591 g/mol. The highest BCUT2D eigenvalue weighted by Gasteiger charge is 2.16. The third-order valence-corrected chi connectivity index (χ3v) is 9.36. The molecule has 218 valence electrons. The van der Waals surface area contributed by atoms with Gasteiger partial charge in [-0.1, -0.05) is 84.9 Å². The van der Waals surface area contributed by atoms with Crippen LogP contribution in [0.25, 0.3) is 82.9 Å². The van der Waals surface area contributed by atoms with Crippen molar-refractivity contribution in [2.75, 3.05) is 0 Å². The molecule has 0 aliphatic rings. The molecule has 46 heavy (non-hydrogen) atoms. The van der Waals surface area contributed by atoms with Crippen molar-refractivity contribution in [2.24, 2.45) is 0 Å². The molecule has 5 aromatic carbocycles. The number of aromatic amines is 1. The van der Waals surface area contributed by atoms with E-state index in [0.29, 0.717) is 0 Å². The third-order valence-electron chi connectivity index (χ3n) is 9.36. The number of nitrogens with one attached hydrogen (secondary N) is 1. The third kappa shape index (κ3) is 4.15. The van der Waals surface area contributed by atoms with E-state index in [0.717, 1.165) is 61.4 Å². The Balaban J connectivity index is 1.28. The second-order valence-electron chi connectivity index (χ2n) is 12.1. The van der Waals surface area contributed by atoms with Crippen LogP contribution in [0.3, 0.4) is 0 Å². The van der Waals surface area contributed by atoms with Crippen LogP contribution >= 0.6 is 0 Å². The molecule has 0 aliphatic carbocycles. The first-order chi connectivity index (χ1) is 22.6. The van der Waals surface area contributed by atoms with E-state index in [-0.39, 0.29) is 0 Å². The zero-order chi connectivity index (χ0) is 30.8. The fourth-order valence-electron chi connectivity index (χ4n) is 6.91. The Morgan fingerprint density at radius 2 is 1.35 bits per heavy atom. The van der Waals surface area contributed by atoms with Crippen LogP contribution in [0.1, 0.15) is 11.3 Å². The lowest BCUT2D eigenvalue weighted by Crippen LogP contribution is -1.97. The molecule has 0 spiro atoms. The van der Waals surface area contributed by atoms with Crippen LogP contribution in [0, 0.1) is 13.8 Å². The summed E-state index contributed by atoms with van der Waals surface area (Å²) in [5.41, 5.74) is 13.0. The Kier molecular flexibility index (Phi) is 5.90. The molecule has 4 heterocycles. The lowest BCUT2D eigenvalue weighted by atomic mass is 9.97. The van der Waals surface area contributed by atoms with Gasteiger partial charge in [-0.3, -0.25) is 4.57 Å². The van der Waals surface area contributed by atoms with Gasteiger partial charge in [0.1, 0.15) is 5.65 Å². The first kappa shape index (κ1) is 26.4. The molecule has 0 atom stereocenters. The number of benzene rings is 5. The highest BCUT2D eigenvalue weighted by atomic mass is 15.0. The number of fused-ring (bicyclic) bond motifs is 5. The SMILES string of the molecule is Cc1[nH]c2c(-c3cc(-c4ccc5ccccc5c4)cc(-c4cccc(-n5c6ccccc6c6cccnc65)c4)n3)cccc2c1C.